The highest BCUT2D eigenvalue weighted by atomic mass is 16.5. The molecule has 0 unspecified atom stereocenters. The molecule has 0 atom stereocenters. The summed E-state index contributed by atoms with van der Waals surface area (Å²) in [6.07, 6.45) is 4.66. The molecule has 1 heteroatoms. The number of ether oxygens (including phenoxy) is 1. The zero-order valence-electron chi connectivity index (χ0n) is 10.6. The standard InChI is InChI=1S/C15H20O/c1-15(2,3)14-7-5-6-11-10-12(16-4)8-9-13(11)14/h7-10H,5-6H2,1-4H3. The zero-order valence-corrected chi connectivity index (χ0v) is 10.6. The number of methoxy groups -OCH3 is 1. The van der Waals surface area contributed by atoms with Crippen molar-refractivity contribution in [1.82, 2.24) is 0 Å². The molecular weight excluding hydrogens is 196 g/mol. The molecule has 1 nitrogen and oxygen atoms in total. The average molecular weight is 216 g/mol. The minimum atomic E-state index is 0.226. The first-order chi connectivity index (χ1) is 7.52. The van der Waals surface area contributed by atoms with Crippen molar-refractivity contribution in [3.63, 3.8) is 0 Å². The van der Waals surface area contributed by atoms with Crippen LogP contribution in [0.5, 0.6) is 5.75 Å². The van der Waals surface area contributed by atoms with Crippen LogP contribution in [0, 0.1) is 5.41 Å². The molecule has 0 heterocycles. The third-order valence-corrected chi connectivity index (χ3v) is 3.17. The molecule has 0 fully saturated rings. The highest BCUT2D eigenvalue weighted by Crippen LogP contribution is 2.39. The predicted octanol–water partition coefficient (Wildman–Crippen LogP) is 4.07. The lowest BCUT2D eigenvalue weighted by Crippen LogP contribution is -2.13. The van der Waals surface area contributed by atoms with Gasteiger partial charge in [0.1, 0.15) is 5.75 Å². The van der Waals surface area contributed by atoms with Gasteiger partial charge in [-0.2, -0.15) is 0 Å². The lowest BCUT2D eigenvalue weighted by molar-refractivity contribution is 0.414. The van der Waals surface area contributed by atoms with Crippen LogP contribution in [0.2, 0.25) is 0 Å². The van der Waals surface area contributed by atoms with Crippen LogP contribution in [0.3, 0.4) is 0 Å². The molecule has 1 aliphatic carbocycles. The Hall–Kier alpha value is -1.24. The number of hydrogen-bond acceptors (Lipinski definition) is 1. The van der Waals surface area contributed by atoms with E-state index in [1.165, 1.54) is 16.7 Å². The summed E-state index contributed by atoms with van der Waals surface area (Å²) >= 11 is 0. The maximum atomic E-state index is 5.28. The SMILES string of the molecule is COc1ccc2c(c1)CCC=C2C(C)(C)C. The topological polar surface area (TPSA) is 9.23 Å². The summed E-state index contributed by atoms with van der Waals surface area (Å²) in [5.41, 5.74) is 4.52. The molecule has 1 aromatic carbocycles. The quantitative estimate of drug-likeness (QED) is 0.687. The molecule has 0 saturated carbocycles. The third kappa shape index (κ3) is 1.99. The van der Waals surface area contributed by atoms with E-state index >= 15 is 0 Å². The predicted molar refractivity (Wildman–Crippen MR) is 68.7 cm³/mol. The summed E-state index contributed by atoms with van der Waals surface area (Å²) in [5.74, 6) is 0.967. The molecule has 1 aliphatic rings. The molecule has 1 aromatic rings. The van der Waals surface area contributed by atoms with Gasteiger partial charge < -0.3 is 4.74 Å². The van der Waals surface area contributed by atoms with Crippen LogP contribution in [0.1, 0.15) is 38.3 Å². The van der Waals surface area contributed by atoms with E-state index in [9.17, 15) is 0 Å². The van der Waals surface area contributed by atoms with Crippen molar-refractivity contribution in [3.8, 4) is 5.75 Å². The average Bonchev–Trinajstić information content (AvgIpc) is 2.26. The van der Waals surface area contributed by atoms with Gasteiger partial charge in [-0.1, -0.05) is 32.9 Å². The second-order valence-electron chi connectivity index (χ2n) is 5.43. The molecule has 0 amide bonds. The van der Waals surface area contributed by atoms with Crippen LogP contribution in [-0.4, -0.2) is 7.11 Å². The summed E-state index contributed by atoms with van der Waals surface area (Å²) in [5, 5.41) is 0. The molecule has 0 aliphatic heterocycles. The van der Waals surface area contributed by atoms with Crippen LogP contribution in [0.15, 0.2) is 24.3 Å². The Kier molecular flexibility index (Phi) is 2.79. The number of hydrogen-bond donors (Lipinski definition) is 0. The van der Waals surface area contributed by atoms with E-state index in [0.29, 0.717) is 0 Å². The first-order valence-corrected chi connectivity index (χ1v) is 5.90. The van der Waals surface area contributed by atoms with Gasteiger partial charge in [0.2, 0.25) is 0 Å². The van der Waals surface area contributed by atoms with Crippen LogP contribution in [0.4, 0.5) is 0 Å². The number of rotatable bonds is 1. The minimum Gasteiger partial charge on any atom is -0.497 e. The van der Waals surface area contributed by atoms with Crippen molar-refractivity contribution < 1.29 is 4.74 Å². The Morgan fingerprint density at radius 1 is 1.19 bits per heavy atom. The monoisotopic (exact) mass is 216 g/mol. The van der Waals surface area contributed by atoms with Crippen molar-refractivity contribution in [2.75, 3.05) is 7.11 Å². The lowest BCUT2D eigenvalue weighted by atomic mass is 9.77. The van der Waals surface area contributed by atoms with Crippen LogP contribution < -0.4 is 4.74 Å². The van der Waals surface area contributed by atoms with Crippen LogP contribution in [-0.2, 0) is 6.42 Å². The normalized spacial score (nSPS) is 15.4. The summed E-state index contributed by atoms with van der Waals surface area (Å²) < 4.78 is 5.28. The fourth-order valence-corrected chi connectivity index (χ4v) is 2.36. The van der Waals surface area contributed by atoms with Gasteiger partial charge in [0, 0.05) is 0 Å². The summed E-state index contributed by atoms with van der Waals surface area (Å²) in [6.45, 7) is 6.83. The van der Waals surface area contributed by atoms with E-state index in [2.05, 4.69) is 45.0 Å². The number of benzene rings is 1. The largest absolute Gasteiger partial charge is 0.497 e. The van der Waals surface area contributed by atoms with Gasteiger partial charge in [0.25, 0.3) is 0 Å². The number of fused-ring (bicyclic) bond motifs is 1. The molecule has 0 bridgehead atoms. The van der Waals surface area contributed by atoms with Gasteiger partial charge in [-0.15, -0.1) is 0 Å². The first-order valence-electron chi connectivity index (χ1n) is 5.90. The van der Waals surface area contributed by atoms with E-state index in [0.717, 1.165) is 18.6 Å². The Bertz CT molecular complexity index is 422. The summed E-state index contributed by atoms with van der Waals surface area (Å²) in [6, 6.07) is 6.43. The van der Waals surface area contributed by atoms with E-state index in [1.54, 1.807) is 7.11 Å². The van der Waals surface area contributed by atoms with Gasteiger partial charge in [0.15, 0.2) is 0 Å². The maximum absolute atomic E-state index is 5.28. The molecule has 0 aromatic heterocycles. The Labute approximate surface area is 98.1 Å². The summed E-state index contributed by atoms with van der Waals surface area (Å²) in [7, 11) is 1.73. The van der Waals surface area contributed by atoms with Gasteiger partial charge in [0.05, 0.1) is 7.11 Å². The van der Waals surface area contributed by atoms with E-state index < -0.39 is 0 Å². The fourth-order valence-electron chi connectivity index (χ4n) is 2.36. The van der Waals surface area contributed by atoms with Crippen molar-refractivity contribution in [2.45, 2.75) is 33.6 Å². The van der Waals surface area contributed by atoms with Gasteiger partial charge in [-0.3, -0.25) is 0 Å². The molecule has 0 saturated heterocycles. The smallest absolute Gasteiger partial charge is 0.119 e. The molecule has 16 heavy (non-hydrogen) atoms. The maximum Gasteiger partial charge on any atom is 0.119 e. The lowest BCUT2D eigenvalue weighted by Gasteiger charge is -2.28. The van der Waals surface area contributed by atoms with Gasteiger partial charge >= 0.3 is 0 Å². The zero-order chi connectivity index (χ0) is 11.8. The Morgan fingerprint density at radius 2 is 1.94 bits per heavy atom. The molecule has 0 radical (unpaired) electrons. The first kappa shape index (κ1) is 11.3. The van der Waals surface area contributed by atoms with Crippen molar-refractivity contribution in [1.29, 1.82) is 0 Å². The third-order valence-electron chi connectivity index (χ3n) is 3.17. The van der Waals surface area contributed by atoms with Crippen LogP contribution in [0.25, 0.3) is 5.57 Å². The van der Waals surface area contributed by atoms with Crippen molar-refractivity contribution in [3.05, 3.63) is 35.4 Å². The highest BCUT2D eigenvalue weighted by molar-refractivity contribution is 5.74. The molecule has 86 valence electrons. The minimum absolute atomic E-state index is 0.226. The second-order valence-corrected chi connectivity index (χ2v) is 5.43. The second kappa shape index (κ2) is 3.97. The Balaban J connectivity index is 2.47. The van der Waals surface area contributed by atoms with Gasteiger partial charge in [-0.25, -0.2) is 0 Å². The number of aryl methyl sites for hydroxylation is 1. The molecular formula is C15H20O. The van der Waals surface area contributed by atoms with Gasteiger partial charge in [-0.05, 0) is 47.1 Å². The molecule has 0 spiro atoms. The van der Waals surface area contributed by atoms with Crippen molar-refractivity contribution >= 4 is 5.57 Å². The molecule has 2 rings (SSSR count). The van der Waals surface area contributed by atoms with E-state index in [-0.39, 0.29) is 5.41 Å². The van der Waals surface area contributed by atoms with E-state index in [4.69, 9.17) is 4.74 Å². The van der Waals surface area contributed by atoms with E-state index in [1.807, 2.05) is 0 Å². The van der Waals surface area contributed by atoms with Crippen molar-refractivity contribution in [2.24, 2.45) is 5.41 Å². The number of allylic oxidation sites excluding steroid dienone is 2. The van der Waals surface area contributed by atoms with Crippen LogP contribution >= 0.6 is 0 Å². The highest BCUT2D eigenvalue weighted by Gasteiger charge is 2.23. The molecule has 0 N–H and O–H groups in total. The fraction of sp³-hybridized carbons (Fsp3) is 0.467. The Morgan fingerprint density at radius 3 is 2.56 bits per heavy atom. The summed E-state index contributed by atoms with van der Waals surface area (Å²) in [4.78, 5) is 0.